The third-order valence-corrected chi connectivity index (χ3v) is 2.64. The van der Waals surface area contributed by atoms with Crippen LogP contribution in [-0.2, 0) is 0 Å². The highest BCUT2D eigenvalue weighted by Gasteiger charge is 2.01. The van der Waals surface area contributed by atoms with E-state index in [1.165, 1.54) is 0 Å². The van der Waals surface area contributed by atoms with Gasteiger partial charge in [0.2, 0.25) is 0 Å². The monoisotopic (exact) mass is 170 g/mol. The van der Waals surface area contributed by atoms with Crippen LogP contribution in [0.1, 0.15) is 10.4 Å². The predicted octanol–water partition coefficient (Wildman–Crippen LogP) is 3.69. The molecule has 0 spiro atoms. The molecule has 0 saturated heterocycles. The van der Waals surface area contributed by atoms with E-state index in [2.05, 4.69) is 13.2 Å². The smallest absolute Gasteiger partial charge is 0.0591 e. The quantitative estimate of drug-likeness (QED) is 0.635. The van der Waals surface area contributed by atoms with Crippen molar-refractivity contribution in [2.75, 3.05) is 0 Å². The molecule has 1 aromatic rings. The molecule has 0 aliphatic rings. The molecule has 0 saturated carbocycles. The molecule has 0 amide bonds. The van der Waals surface area contributed by atoms with E-state index in [9.17, 15) is 0 Å². The molecule has 0 unspecified atom stereocenters. The van der Waals surface area contributed by atoms with Gasteiger partial charge in [-0.25, -0.2) is 0 Å². The second-order valence-electron chi connectivity index (χ2n) is 1.77. The molecule has 0 atom stereocenters. The molecule has 1 rings (SSSR count). The van der Waals surface area contributed by atoms with Gasteiger partial charge in [0.25, 0.3) is 0 Å². The van der Waals surface area contributed by atoms with Crippen LogP contribution in [0.3, 0.4) is 0 Å². The Bertz CT molecular complexity index is 260. The van der Waals surface area contributed by atoms with Gasteiger partial charge in [0.1, 0.15) is 0 Å². The molecule has 0 aliphatic carbocycles. The number of hydrogen-bond donors (Lipinski definition) is 0. The molecule has 0 bridgehead atoms. The summed E-state index contributed by atoms with van der Waals surface area (Å²) in [5.41, 5.74) is 0.988. The Morgan fingerprint density at radius 1 is 1.40 bits per heavy atom. The summed E-state index contributed by atoms with van der Waals surface area (Å²) in [5, 5.41) is 2.64. The fourth-order valence-corrected chi connectivity index (χ4v) is 1.86. The fraction of sp³-hybridized carbons (Fsp3) is 0. The topological polar surface area (TPSA) is 0 Å². The number of thiophene rings is 1. The summed E-state index contributed by atoms with van der Waals surface area (Å²) in [4.78, 5) is 1.08. The lowest BCUT2D eigenvalue weighted by atomic mass is 10.2. The van der Waals surface area contributed by atoms with Crippen molar-refractivity contribution in [1.29, 1.82) is 0 Å². The van der Waals surface area contributed by atoms with Crippen molar-refractivity contribution in [3.63, 3.8) is 0 Å². The zero-order valence-corrected chi connectivity index (χ0v) is 7.00. The molecule has 0 aromatic carbocycles. The first-order chi connectivity index (χ1) is 4.79. The highest BCUT2D eigenvalue weighted by atomic mass is 35.5. The van der Waals surface area contributed by atoms with Crippen LogP contribution >= 0.6 is 22.9 Å². The Labute approximate surface area is 69.5 Å². The van der Waals surface area contributed by atoms with Crippen molar-refractivity contribution in [2.45, 2.75) is 0 Å². The first-order valence-corrected chi connectivity index (χ1v) is 4.07. The Balaban J connectivity index is 3.25. The standard InChI is InChI=1S/C8H7ClS/c1-3-6-7(9)5-10-8(6)4-2/h3-5H,1-2H2. The largest absolute Gasteiger partial charge is 0.142 e. The Morgan fingerprint density at radius 3 is 2.50 bits per heavy atom. The third-order valence-electron chi connectivity index (χ3n) is 1.20. The van der Waals surface area contributed by atoms with E-state index in [1.54, 1.807) is 23.5 Å². The maximum absolute atomic E-state index is 5.82. The van der Waals surface area contributed by atoms with Crippen LogP contribution < -0.4 is 0 Å². The summed E-state index contributed by atoms with van der Waals surface area (Å²) in [7, 11) is 0. The van der Waals surface area contributed by atoms with Crippen molar-refractivity contribution >= 4 is 35.1 Å². The summed E-state index contributed by atoms with van der Waals surface area (Å²) < 4.78 is 0. The summed E-state index contributed by atoms with van der Waals surface area (Å²) in [6.07, 6.45) is 3.53. The minimum atomic E-state index is 0.759. The molecule has 1 heterocycles. The van der Waals surface area contributed by atoms with E-state index >= 15 is 0 Å². The first kappa shape index (κ1) is 7.58. The maximum Gasteiger partial charge on any atom is 0.0591 e. The van der Waals surface area contributed by atoms with Crippen molar-refractivity contribution in [1.82, 2.24) is 0 Å². The average molecular weight is 171 g/mol. The van der Waals surface area contributed by atoms with Crippen molar-refractivity contribution in [3.05, 3.63) is 34.0 Å². The van der Waals surface area contributed by atoms with E-state index in [0.717, 1.165) is 15.5 Å². The van der Waals surface area contributed by atoms with Gasteiger partial charge in [-0.15, -0.1) is 11.3 Å². The average Bonchev–Trinajstić information content (AvgIpc) is 2.30. The lowest BCUT2D eigenvalue weighted by Gasteiger charge is -1.88. The summed E-state index contributed by atoms with van der Waals surface area (Å²) >= 11 is 7.39. The van der Waals surface area contributed by atoms with Crippen LogP contribution in [0.15, 0.2) is 18.5 Å². The first-order valence-electron chi connectivity index (χ1n) is 2.81. The van der Waals surface area contributed by atoms with E-state index < -0.39 is 0 Å². The van der Waals surface area contributed by atoms with Crippen LogP contribution in [0, 0.1) is 0 Å². The van der Waals surface area contributed by atoms with E-state index in [1.807, 2.05) is 5.38 Å². The SMILES string of the molecule is C=Cc1scc(Cl)c1C=C. The Hall–Kier alpha value is -0.530. The van der Waals surface area contributed by atoms with Crippen molar-refractivity contribution in [3.8, 4) is 0 Å². The highest BCUT2D eigenvalue weighted by Crippen LogP contribution is 2.28. The van der Waals surface area contributed by atoms with Crippen LogP contribution in [0.4, 0.5) is 0 Å². The summed E-state index contributed by atoms with van der Waals surface area (Å²) in [5.74, 6) is 0. The zero-order chi connectivity index (χ0) is 7.56. The molecule has 52 valence electrons. The number of hydrogen-bond acceptors (Lipinski definition) is 1. The van der Waals surface area contributed by atoms with Crippen LogP contribution in [0.2, 0.25) is 5.02 Å². The van der Waals surface area contributed by atoms with E-state index in [-0.39, 0.29) is 0 Å². The van der Waals surface area contributed by atoms with E-state index in [0.29, 0.717) is 0 Å². The number of rotatable bonds is 2. The van der Waals surface area contributed by atoms with Gasteiger partial charge in [0, 0.05) is 15.8 Å². The second kappa shape index (κ2) is 3.04. The molecule has 0 nitrogen and oxygen atoms in total. The molecule has 1 aromatic heterocycles. The van der Waals surface area contributed by atoms with E-state index in [4.69, 9.17) is 11.6 Å². The van der Waals surface area contributed by atoms with Gasteiger partial charge in [-0.3, -0.25) is 0 Å². The fourth-order valence-electron chi connectivity index (χ4n) is 0.716. The molecule has 0 radical (unpaired) electrons. The summed E-state index contributed by atoms with van der Waals surface area (Å²) in [6, 6.07) is 0. The molecular weight excluding hydrogens is 164 g/mol. The minimum Gasteiger partial charge on any atom is -0.142 e. The molecule has 2 heteroatoms. The van der Waals surface area contributed by atoms with Gasteiger partial charge in [-0.1, -0.05) is 36.9 Å². The number of halogens is 1. The van der Waals surface area contributed by atoms with Gasteiger partial charge < -0.3 is 0 Å². The molecular formula is C8H7ClS. The molecule has 10 heavy (non-hydrogen) atoms. The lowest BCUT2D eigenvalue weighted by molar-refractivity contribution is 1.84. The molecule has 0 N–H and O–H groups in total. The second-order valence-corrected chi connectivity index (χ2v) is 3.09. The van der Waals surface area contributed by atoms with Gasteiger partial charge in [0.05, 0.1) is 5.02 Å². The minimum absolute atomic E-state index is 0.759. The zero-order valence-electron chi connectivity index (χ0n) is 5.43. The van der Waals surface area contributed by atoms with Gasteiger partial charge in [-0.05, 0) is 0 Å². The van der Waals surface area contributed by atoms with Crippen LogP contribution in [0.5, 0.6) is 0 Å². The lowest BCUT2D eigenvalue weighted by Crippen LogP contribution is -1.67. The van der Waals surface area contributed by atoms with Crippen LogP contribution in [0.25, 0.3) is 12.2 Å². The van der Waals surface area contributed by atoms with Crippen molar-refractivity contribution < 1.29 is 0 Å². The molecule has 0 aliphatic heterocycles. The van der Waals surface area contributed by atoms with Gasteiger partial charge in [0.15, 0.2) is 0 Å². The van der Waals surface area contributed by atoms with Crippen molar-refractivity contribution in [2.24, 2.45) is 0 Å². The Morgan fingerprint density at radius 2 is 2.10 bits per heavy atom. The van der Waals surface area contributed by atoms with Crippen LogP contribution in [-0.4, -0.2) is 0 Å². The highest BCUT2D eigenvalue weighted by molar-refractivity contribution is 7.11. The summed E-state index contributed by atoms with van der Waals surface area (Å²) in [6.45, 7) is 7.30. The Kier molecular flexibility index (Phi) is 2.30. The third kappa shape index (κ3) is 1.15. The van der Waals surface area contributed by atoms with Gasteiger partial charge in [-0.2, -0.15) is 0 Å². The predicted molar refractivity (Wildman–Crippen MR) is 49.5 cm³/mol. The van der Waals surface area contributed by atoms with Gasteiger partial charge >= 0.3 is 0 Å². The normalized spacial score (nSPS) is 9.30. The maximum atomic E-state index is 5.82. The molecule has 0 fully saturated rings.